The van der Waals surface area contributed by atoms with E-state index in [0.717, 1.165) is 6.54 Å². The molecule has 0 unspecified atom stereocenters. The van der Waals surface area contributed by atoms with Gasteiger partial charge in [-0.15, -0.1) is 0 Å². The van der Waals surface area contributed by atoms with E-state index < -0.39 is 0 Å². The van der Waals surface area contributed by atoms with E-state index in [4.69, 9.17) is 4.74 Å². The number of nitrogens with zero attached hydrogens (tertiary/aromatic N) is 1. The van der Waals surface area contributed by atoms with Gasteiger partial charge < -0.3 is 9.64 Å². The quantitative estimate of drug-likeness (QED) is 0.551. The summed E-state index contributed by atoms with van der Waals surface area (Å²) in [6.45, 7) is 7.29. The molecule has 4 heteroatoms. The van der Waals surface area contributed by atoms with Crippen molar-refractivity contribution in [2.75, 3.05) is 19.7 Å². The lowest BCUT2D eigenvalue weighted by Crippen LogP contribution is -2.37. The van der Waals surface area contributed by atoms with Crippen molar-refractivity contribution in [3.05, 3.63) is 12.2 Å². The molecule has 0 radical (unpaired) electrons. The zero-order valence-electron chi connectivity index (χ0n) is 11.3. The molecule has 0 N–H and O–H groups in total. The van der Waals surface area contributed by atoms with Crippen LogP contribution in [0.5, 0.6) is 0 Å². The van der Waals surface area contributed by atoms with E-state index in [1.165, 1.54) is 0 Å². The van der Waals surface area contributed by atoms with Crippen molar-refractivity contribution in [1.82, 2.24) is 4.90 Å². The third-order valence-corrected chi connectivity index (χ3v) is 4.11. The number of ether oxygens (including phenoxy) is 1. The van der Waals surface area contributed by atoms with Gasteiger partial charge in [0.25, 0.3) is 0 Å². The maximum absolute atomic E-state index is 12.1. The van der Waals surface area contributed by atoms with E-state index >= 15 is 0 Å². The van der Waals surface area contributed by atoms with Crippen molar-refractivity contribution in [1.29, 1.82) is 0 Å². The summed E-state index contributed by atoms with van der Waals surface area (Å²) < 4.78 is 5.18. The van der Waals surface area contributed by atoms with Gasteiger partial charge in [0.05, 0.1) is 12.5 Å². The summed E-state index contributed by atoms with van der Waals surface area (Å²) in [7, 11) is 0. The summed E-state index contributed by atoms with van der Waals surface area (Å²) in [5.74, 6) is 0.580. The van der Waals surface area contributed by atoms with Crippen LogP contribution in [-0.4, -0.2) is 36.5 Å². The van der Waals surface area contributed by atoms with Gasteiger partial charge in [-0.2, -0.15) is 0 Å². The van der Waals surface area contributed by atoms with Gasteiger partial charge in [0, 0.05) is 20.0 Å². The molecule has 1 aliphatic carbocycles. The Morgan fingerprint density at radius 1 is 1.33 bits per heavy atom. The van der Waals surface area contributed by atoms with Crippen LogP contribution in [0, 0.1) is 23.7 Å². The molecule has 1 heterocycles. The van der Waals surface area contributed by atoms with Gasteiger partial charge in [-0.1, -0.05) is 19.1 Å². The molecule has 18 heavy (non-hydrogen) atoms. The van der Waals surface area contributed by atoms with Gasteiger partial charge in [0.1, 0.15) is 0 Å². The Hall–Kier alpha value is -1.32. The summed E-state index contributed by atoms with van der Waals surface area (Å²) in [5, 5.41) is 0. The van der Waals surface area contributed by atoms with E-state index in [2.05, 4.69) is 12.2 Å². The number of hydrogen-bond donors (Lipinski definition) is 0. The highest BCUT2D eigenvalue weighted by Crippen LogP contribution is 2.39. The minimum absolute atomic E-state index is 0.0908. The molecule has 0 bridgehead atoms. The Balaban J connectivity index is 2.17. The molecule has 0 aromatic carbocycles. The standard InChI is InChI=1S/C14H21NO3/c1-4-18-14(17)13-9(2)5-6-11-7-15(10(3)16)8-12(11)13/h5-6,9,11-13H,4,7-8H2,1-3H3/t9-,11-,12+,13+/m0/s1. The minimum atomic E-state index is -0.116. The van der Waals surface area contributed by atoms with Gasteiger partial charge in [-0.25, -0.2) is 0 Å². The smallest absolute Gasteiger partial charge is 0.309 e. The van der Waals surface area contributed by atoms with Gasteiger partial charge in [0.15, 0.2) is 0 Å². The van der Waals surface area contributed by atoms with Crippen LogP contribution in [-0.2, 0) is 14.3 Å². The Morgan fingerprint density at radius 2 is 2.06 bits per heavy atom. The van der Waals surface area contributed by atoms with E-state index in [-0.39, 0.29) is 29.6 Å². The second kappa shape index (κ2) is 5.12. The number of fused-ring (bicyclic) bond motifs is 1. The maximum atomic E-state index is 12.1. The molecule has 1 aliphatic heterocycles. The van der Waals surface area contributed by atoms with Gasteiger partial charge in [-0.3, -0.25) is 9.59 Å². The Labute approximate surface area is 108 Å². The van der Waals surface area contributed by atoms with Gasteiger partial charge in [-0.05, 0) is 24.7 Å². The fourth-order valence-corrected chi connectivity index (χ4v) is 3.15. The summed E-state index contributed by atoms with van der Waals surface area (Å²) in [5.41, 5.74) is 0. The second-order valence-electron chi connectivity index (χ2n) is 5.27. The fourth-order valence-electron chi connectivity index (χ4n) is 3.15. The molecular weight excluding hydrogens is 230 g/mol. The van der Waals surface area contributed by atoms with Crippen molar-refractivity contribution >= 4 is 11.9 Å². The number of carbonyl (C=O) groups is 2. The highest BCUT2D eigenvalue weighted by Gasteiger charge is 2.45. The molecule has 4 nitrogen and oxygen atoms in total. The number of rotatable bonds is 2. The Kier molecular flexibility index (Phi) is 3.73. The first-order valence-corrected chi connectivity index (χ1v) is 6.65. The SMILES string of the molecule is CCOC(=O)[C@H]1[C@@H]2CN(C(C)=O)C[C@@H]2C=C[C@@H]1C. The summed E-state index contributed by atoms with van der Waals surface area (Å²) in [6.07, 6.45) is 4.25. The lowest BCUT2D eigenvalue weighted by atomic mass is 9.72. The van der Waals surface area contributed by atoms with Crippen LogP contribution in [0.15, 0.2) is 12.2 Å². The topological polar surface area (TPSA) is 46.6 Å². The van der Waals surface area contributed by atoms with Crippen LogP contribution < -0.4 is 0 Å². The van der Waals surface area contributed by atoms with Crippen molar-refractivity contribution in [3.63, 3.8) is 0 Å². The number of esters is 1. The number of likely N-dealkylation sites (tertiary alicyclic amines) is 1. The van der Waals surface area contributed by atoms with Crippen LogP contribution >= 0.6 is 0 Å². The molecular formula is C14H21NO3. The van der Waals surface area contributed by atoms with Gasteiger partial charge in [0.2, 0.25) is 5.91 Å². The zero-order chi connectivity index (χ0) is 13.3. The molecule has 100 valence electrons. The molecule has 1 fully saturated rings. The highest BCUT2D eigenvalue weighted by atomic mass is 16.5. The normalized spacial score (nSPS) is 34.3. The lowest BCUT2D eigenvalue weighted by molar-refractivity contribution is -0.152. The van der Waals surface area contributed by atoms with Crippen LogP contribution in [0.1, 0.15) is 20.8 Å². The first-order chi connectivity index (χ1) is 8.54. The summed E-state index contributed by atoms with van der Waals surface area (Å²) in [6, 6.07) is 0. The maximum Gasteiger partial charge on any atom is 0.309 e. The van der Waals surface area contributed by atoms with E-state index in [1.807, 2.05) is 18.7 Å². The zero-order valence-corrected chi connectivity index (χ0v) is 11.3. The molecule has 0 spiro atoms. The predicted molar refractivity (Wildman–Crippen MR) is 67.7 cm³/mol. The first kappa shape index (κ1) is 13.1. The number of amides is 1. The van der Waals surface area contributed by atoms with Crippen molar-refractivity contribution in [2.45, 2.75) is 20.8 Å². The average molecular weight is 251 g/mol. The molecule has 0 aromatic rings. The molecule has 0 saturated carbocycles. The lowest BCUT2D eigenvalue weighted by Gasteiger charge is -2.31. The first-order valence-electron chi connectivity index (χ1n) is 6.65. The third-order valence-electron chi connectivity index (χ3n) is 4.11. The second-order valence-corrected chi connectivity index (χ2v) is 5.27. The molecule has 0 aromatic heterocycles. The van der Waals surface area contributed by atoms with E-state index in [0.29, 0.717) is 19.1 Å². The van der Waals surface area contributed by atoms with Crippen molar-refractivity contribution in [2.24, 2.45) is 23.7 Å². The third kappa shape index (κ3) is 2.28. The molecule has 2 rings (SSSR count). The minimum Gasteiger partial charge on any atom is -0.466 e. The van der Waals surface area contributed by atoms with E-state index in [1.54, 1.807) is 6.92 Å². The van der Waals surface area contributed by atoms with Crippen molar-refractivity contribution in [3.8, 4) is 0 Å². The highest BCUT2D eigenvalue weighted by molar-refractivity contribution is 5.76. The Morgan fingerprint density at radius 3 is 2.67 bits per heavy atom. The number of hydrogen-bond acceptors (Lipinski definition) is 3. The molecule has 4 atom stereocenters. The fraction of sp³-hybridized carbons (Fsp3) is 0.714. The molecule has 1 saturated heterocycles. The van der Waals surface area contributed by atoms with Crippen LogP contribution in [0.4, 0.5) is 0 Å². The van der Waals surface area contributed by atoms with Crippen molar-refractivity contribution < 1.29 is 14.3 Å². The summed E-state index contributed by atoms with van der Waals surface area (Å²) >= 11 is 0. The molecule has 2 aliphatic rings. The van der Waals surface area contributed by atoms with Gasteiger partial charge >= 0.3 is 5.97 Å². The Bertz CT molecular complexity index is 377. The van der Waals surface area contributed by atoms with E-state index in [9.17, 15) is 9.59 Å². The predicted octanol–water partition coefficient (Wildman–Crippen LogP) is 1.47. The summed E-state index contributed by atoms with van der Waals surface area (Å²) in [4.78, 5) is 25.4. The number of allylic oxidation sites excluding steroid dienone is 1. The molecule has 1 amide bonds. The van der Waals surface area contributed by atoms with Crippen LogP contribution in [0.2, 0.25) is 0 Å². The monoisotopic (exact) mass is 251 g/mol. The van der Waals surface area contributed by atoms with Crippen LogP contribution in [0.3, 0.4) is 0 Å². The van der Waals surface area contributed by atoms with Crippen LogP contribution in [0.25, 0.3) is 0 Å². The average Bonchev–Trinajstić information content (AvgIpc) is 2.72. The number of carbonyl (C=O) groups excluding carboxylic acids is 2. The largest absolute Gasteiger partial charge is 0.466 e.